The van der Waals surface area contributed by atoms with Crippen LogP contribution in [0.1, 0.15) is 11.1 Å². The molecule has 1 aromatic rings. The molecule has 110 valence electrons. The van der Waals surface area contributed by atoms with Crippen LogP contribution in [0.3, 0.4) is 0 Å². The highest BCUT2D eigenvalue weighted by Crippen LogP contribution is 2.15. The molecule has 0 heterocycles. The molecule has 0 aromatic heterocycles. The molecule has 0 aliphatic carbocycles. The second kappa shape index (κ2) is 7.81. The van der Waals surface area contributed by atoms with Crippen molar-refractivity contribution in [1.82, 2.24) is 10.9 Å². The fourth-order valence-electron chi connectivity index (χ4n) is 1.25. The van der Waals surface area contributed by atoms with E-state index in [0.29, 0.717) is 11.1 Å². The van der Waals surface area contributed by atoms with Crippen molar-refractivity contribution in [1.29, 1.82) is 0 Å². The molecule has 0 aliphatic heterocycles. The van der Waals surface area contributed by atoms with Crippen molar-refractivity contribution in [2.45, 2.75) is 0 Å². The molecule has 0 amide bonds. The fourth-order valence-corrected chi connectivity index (χ4v) is 1.36. The molecule has 0 unspecified atom stereocenters. The number of hydrogen-bond acceptors (Lipinski definition) is 6. The molecule has 0 fully saturated rings. The molecule has 9 nitrogen and oxygen atoms in total. The van der Waals surface area contributed by atoms with E-state index in [-0.39, 0.29) is 15.9 Å². The molecule has 6 N–H and O–H groups in total. The Morgan fingerprint density at radius 3 is 1.86 bits per heavy atom. The van der Waals surface area contributed by atoms with E-state index in [1.54, 1.807) is 6.07 Å². The summed E-state index contributed by atoms with van der Waals surface area (Å²) in [5, 5.41) is 18.3. The van der Waals surface area contributed by atoms with E-state index in [4.69, 9.17) is 11.5 Å². The molecule has 1 aromatic carbocycles. The first-order chi connectivity index (χ1) is 9.88. The predicted octanol–water partition coefficient (Wildman–Crippen LogP) is -0.0710. The van der Waals surface area contributed by atoms with Crippen LogP contribution in [-0.2, 0) is 0 Å². The number of non-ortho nitro benzene ring substituents is 1. The number of nitrogens with one attached hydrogen (secondary N) is 2. The maximum atomic E-state index is 10.9. The first-order valence-corrected chi connectivity index (χ1v) is 6.16. The Hall–Kier alpha value is -2.66. The van der Waals surface area contributed by atoms with Crippen molar-refractivity contribution < 1.29 is 4.92 Å². The first kappa shape index (κ1) is 16.4. The average Bonchev–Trinajstić information content (AvgIpc) is 2.37. The average molecular weight is 325 g/mol. The van der Waals surface area contributed by atoms with Crippen LogP contribution in [0, 0.1) is 10.1 Å². The Morgan fingerprint density at radius 1 is 1.10 bits per heavy atom. The Bertz CT molecular complexity index is 586. The summed E-state index contributed by atoms with van der Waals surface area (Å²) in [5.41, 5.74) is 15.9. The molecule has 1 rings (SSSR count). The molecule has 0 atom stereocenters. The molecule has 0 aliphatic rings. The lowest BCUT2D eigenvalue weighted by atomic mass is 10.1. The summed E-state index contributed by atoms with van der Waals surface area (Å²) in [7, 11) is 0. The van der Waals surface area contributed by atoms with Gasteiger partial charge in [0.05, 0.1) is 17.4 Å². The normalized spacial score (nSPS) is 10.7. The van der Waals surface area contributed by atoms with Crippen molar-refractivity contribution in [2.24, 2.45) is 21.7 Å². The van der Waals surface area contributed by atoms with Gasteiger partial charge in [-0.3, -0.25) is 21.0 Å². The molecule has 0 bridgehead atoms. The van der Waals surface area contributed by atoms with Crippen LogP contribution in [0.25, 0.3) is 0 Å². The second-order valence-electron chi connectivity index (χ2n) is 3.58. The number of thiocarbonyl (C=S) groups is 2. The van der Waals surface area contributed by atoms with Gasteiger partial charge in [0.25, 0.3) is 5.69 Å². The first-order valence-electron chi connectivity index (χ1n) is 5.35. The molecule has 21 heavy (non-hydrogen) atoms. The van der Waals surface area contributed by atoms with E-state index in [0.717, 1.165) is 0 Å². The highest BCUT2D eigenvalue weighted by Gasteiger charge is 2.08. The molecular formula is C10H11N7O2S2. The molecule has 0 radical (unpaired) electrons. The topological polar surface area (TPSA) is 144 Å². The van der Waals surface area contributed by atoms with Crippen LogP contribution in [-0.4, -0.2) is 27.6 Å². The minimum absolute atomic E-state index is 0.0147. The third-order valence-electron chi connectivity index (χ3n) is 1.95. The predicted molar refractivity (Wildman–Crippen MR) is 88.1 cm³/mol. The van der Waals surface area contributed by atoms with E-state index in [1.165, 1.54) is 24.6 Å². The van der Waals surface area contributed by atoms with Crippen molar-refractivity contribution in [3.05, 3.63) is 39.4 Å². The van der Waals surface area contributed by atoms with E-state index in [9.17, 15) is 10.1 Å². The van der Waals surface area contributed by atoms with Gasteiger partial charge >= 0.3 is 0 Å². The third-order valence-corrected chi connectivity index (χ3v) is 2.13. The quantitative estimate of drug-likeness (QED) is 0.255. The number of rotatable bonds is 5. The molecule has 11 heteroatoms. The van der Waals surface area contributed by atoms with Gasteiger partial charge in [-0.25, -0.2) is 0 Å². The van der Waals surface area contributed by atoms with E-state index < -0.39 is 4.92 Å². The van der Waals surface area contributed by atoms with Gasteiger partial charge in [0.15, 0.2) is 10.2 Å². The van der Waals surface area contributed by atoms with Gasteiger partial charge in [0.2, 0.25) is 0 Å². The summed E-state index contributed by atoms with van der Waals surface area (Å²) in [4.78, 5) is 10.3. The van der Waals surface area contributed by atoms with Crippen LogP contribution < -0.4 is 22.3 Å². The molecule has 0 spiro atoms. The maximum absolute atomic E-state index is 10.9. The zero-order chi connectivity index (χ0) is 15.8. The second-order valence-corrected chi connectivity index (χ2v) is 4.46. The van der Waals surface area contributed by atoms with Crippen LogP contribution >= 0.6 is 24.4 Å². The van der Waals surface area contributed by atoms with E-state index in [1.807, 2.05) is 0 Å². The highest BCUT2D eigenvalue weighted by molar-refractivity contribution is 7.80. The van der Waals surface area contributed by atoms with E-state index in [2.05, 4.69) is 45.5 Å². The summed E-state index contributed by atoms with van der Waals surface area (Å²) in [6.45, 7) is 0. The van der Waals surface area contributed by atoms with Crippen LogP contribution in [0.15, 0.2) is 28.4 Å². The monoisotopic (exact) mass is 325 g/mol. The number of nitro benzene ring substituents is 1. The summed E-state index contributed by atoms with van der Waals surface area (Å²) in [6, 6.07) is 4.29. The van der Waals surface area contributed by atoms with Gasteiger partial charge in [-0.05, 0) is 30.5 Å². The number of nitro groups is 1. The maximum Gasteiger partial charge on any atom is 0.270 e. The number of hydrogen-bond donors (Lipinski definition) is 4. The smallest absolute Gasteiger partial charge is 0.270 e. The zero-order valence-electron chi connectivity index (χ0n) is 10.5. The summed E-state index contributed by atoms with van der Waals surface area (Å²) < 4.78 is 0. The number of benzene rings is 1. The van der Waals surface area contributed by atoms with Crippen molar-refractivity contribution >= 4 is 52.8 Å². The Kier molecular flexibility index (Phi) is 6.10. The summed E-state index contributed by atoms with van der Waals surface area (Å²) >= 11 is 9.15. The van der Waals surface area contributed by atoms with Gasteiger partial charge in [0, 0.05) is 23.3 Å². The summed E-state index contributed by atoms with van der Waals surface area (Å²) in [5.74, 6) is 0. The molecule has 0 saturated carbocycles. The number of nitrogens with two attached hydrogens (primary N) is 2. The number of nitrogens with zero attached hydrogens (tertiary/aromatic N) is 3. The van der Waals surface area contributed by atoms with Gasteiger partial charge in [-0.1, -0.05) is 0 Å². The largest absolute Gasteiger partial charge is 0.375 e. The van der Waals surface area contributed by atoms with Gasteiger partial charge in [-0.15, -0.1) is 0 Å². The highest BCUT2D eigenvalue weighted by atomic mass is 32.1. The lowest BCUT2D eigenvalue weighted by Crippen LogP contribution is -2.24. The van der Waals surface area contributed by atoms with Gasteiger partial charge in [0.1, 0.15) is 0 Å². The van der Waals surface area contributed by atoms with Crippen molar-refractivity contribution in [3.8, 4) is 0 Å². The van der Waals surface area contributed by atoms with Crippen LogP contribution in [0.2, 0.25) is 0 Å². The van der Waals surface area contributed by atoms with E-state index >= 15 is 0 Å². The minimum Gasteiger partial charge on any atom is -0.375 e. The summed E-state index contributed by atoms with van der Waals surface area (Å²) in [6.07, 6.45) is 2.68. The SMILES string of the molecule is NC(=S)NN=Cc1cc(C=NNC(N)=S)cc([N+](=O)[O-])c1. The van der Waals surface area contributed by atoms with Crippen LogP contribution in [0.5, 0.6) is 0 Å². The van der Waals surface area contributed by atoms with Crippen LogP contribution in [0.4, 0.5) is 5.69 Å². The lowest BCUT2D eigenvalue weighted by Gasteiger charge is -2.00. The zero-order valence-corrected chi connectivity index (χ0v) is 12.1. The fraction of sp³-hybridized carbons (Fsp3) is 0. The minimum atomic E-state index is -0.531. The van der Waals surface area contributed by atoms with Gasteiger partial charge < -0.3 is 11.5 Å². The Labute approximate surface area is 130 Å². The Morgan fingerprint density at radius 2 is 1.52 bits per heavy atom. The molecular weight excluding hydrogens is 314 g/mol. The number of hydrazone groups is 2. The Balaban J connectivity index is 3.02. The van der Waals surface area contributed by atoms with Gasteiger partial charge in [-0.2, -0.15) is 10.2 Å². The van der Waals surface area contributed by atoms with Crippen molar-refractivity contribution in [3.63, 3.8) is 0 Å². The van der Waals surface area contributed by atoms with Crippen molar-refractivity contribution in [2.75, 3.05) is 0 Å². The molecule has 0 saturated heterocycles. The standard InChI is InChI=1S/C10H11N7O2S2/c11-9(20)15-13-4-6-1-7(5-14-16-10(12)21)3-8(2-6)17(18)19/h1-5H,(H3,11,15,20)(H3,12,16,21). The lowest BCUT2D eigenvalue weighted by molar-refractivity contribution is -0.384. The third kappa shape index (κ3) is 6.35.